The molecule has 2 aromatic carbocycles. The molecule has 0 fully saturated rings. The fraction of sp³-hybridized carbons (Fsp3) is 0.211. The van der Waals surface area contributed by atoms with Crippen LogP contribution >= 0.6 is 22.7 Å². The van der Waals surface area contributed by atoms with E-state index >= 15 is 0 Å². The molecule has 0 aliphatic carbocycles. The monoisotopic (exact) mass is 447 g/mol. The Morgan fingerprint density at radius 2 is 2.03 bits per heavy atom. The lowest BCUT2D eigenvalue weighted by atomic mass is 10.2. The number of carbonyl (C=O) groups is 1. The number of rotatable bonds is 5. The van der Waals surface area contributed by atoms with E-state index in [0.29, 0.717) is 23.5 Å². The van der Waals surface area contributed by atoms with Gasteiger partial charge in [-0.3, -0.25) is 4.79 Å². The van der Waals surface area contributed by atoms with Crippen LogP contribution in [0.25, 0.3) is 20.4 Å². The molecule has 4 rings (SSSR count). The number of amides is 1. The normalized spacial score (nSPS) is 12.8. The molecule has 2 aromatic heterocycles. The van der Waals surface area contributed by atoms with Crippen LogP contribution in [0.5, 0.6) is 0 Å². The summed E-state index contributed by atoms with van der Waals surface area (Å²) in [6.45, 7) is 0.933. The predicted molar refractivity (Wildman–Crippen MR) is 114 cm³/mol. The zero-order chi connectivity index (χ0) is 20.6. The average Bonchev–Trinajstić information content (AvgIpc) is 3.28. The molecule has 0 N–H and O–H groups in total. The molecule has 7 nitrogen and oxygen atoms in total. The largest absolute Gasteiger partial charge is 0.383 e. The van der Waals surface area contributed by atoms with E-state index in [-0.39, 0.29) is 10.8 Å². The van der Waals surface area contributed by atoms with E-state index in [1.807, 2.05) is 4.57 Å². The van der Waals surface area contributed by atoms with Crippen molar-refractivity contribution in [2.45, 2.75) is 11.4 Å². The summed E-state index contributed by atoms with van der Waals surface area (Å²) in [6, 6.07) is 10.2. The van der Waals surface area contributed by atoms with E-state index in [1.54, 1.807) is 49.0 Å². The van der Waals surface area contributed by atoms with E-state index in [2.05, 4.69) is 9.98 Å². The minimum absolute atomic E-state index is 0.235. The number of hydrogen-bond acceptors (Lipinski definition) is 7. The summed E-state index contributed by atoms with van der Waals surface area (Å²) in [5.74, 6) is -0.360. The van der Waals surface area contributed by atoms with Crippen molar-refractivity contribution < 1.29 is 17.9 Å². The molecule has 1 amide bonds. The topological polar surface area (TPSA) is 90.6 Å². The highest BCUT2D eigenvalue weighted by molar-refractivity contribution is 7.90. The number of nitrogens with zero attached hydrogens (tertiary/aromatic N) is 3. The number of hydrogen-bond donors (Lipinski definition) is 0. The third-order valence-electron chi connectivity index (χ3n) is 4.38. The average molecular weight is 448 g/mol. The number of aromatic nitrogens is 2. The Labute approximate surface area is 174 Å². The summed E-state index contributed by atoms with van der Waals surface area (Å²) >= 11 is 2.74. The van der Waals surface area contributed by atoms with Crippen LogP contribution in [0.2, 0.25) is 0 Å². The Kier molecular flexibility index (Phi) is 5.34. The lowest BCUT2D eigenvalue weighted by molar-refractivity contribution is 0.0997. The van der Waals surface area contributed by atoms with Crippen molar-refractivity contribution >= 4 is 58.9 Å². The van der Waals surface area contributed by atoms with Gasteiger partial charge in [-0.15, -0.1) is 11.3 Å². The summed E-state index contributed by atoms with van der Waals surface area (Å²) in [5, 5.41) is 0. The van der Waals surface area contributed by atoms with Crippen LogP contribution in [-0.2, 0) is 21.1 Å². The smallest absolute Gasteiger partial charge is 0.279 e. The predicted octanol–water partition coefficient (Wildman–Crippen LogP) is 3.10. The van der Waals surface area contributed by atoms with Crippen molar-refractivity contribution in [2.75, 3.05) is 20.0 Å². The van der Waals surface area contributed by atoms with E-state index in [9.17, 15) is 13.2 Å². The van der Waals surface area contributed by atoms with Gasteiger partial charge in [0.25, 0.3) is 5.91 Å². The summed E-state index contributed by atoms with van der Waals surface area (Å²) in [5.41, 5.74) is 3.87. The SMILES string of the molecule is COCCn1c(=NC(=O)c2ccc3ncsc3c2)sc2cc(S(C)(=O)=O)ccc21. The van der Waals surface area contributed by atoms with Crippen LogP contribution in [0.3, 0.4) is 0 Å². The van der Waals surface area contributed by atoms with Gasteiger partial charge in [-0.2, -0.15) is 4.99 Å². The number of thiazole rings is 2. The molecule has 2 heterocycles. The summed E-state index contributed by atoms with van der Waals surface area (Å²) in [7, 11) is -1.73. The molecule has 0 saturated carbocycles. The van der Waals surface area contributed by atoms with Crippen LogP contribution in [0, 0.1) is 0 Å². The standard InChI is InChI=1S/C19H17N3O4S3/c1-26-8-7-22-15-6-4-13(29(2,24)25)10-17(15)28-19(22)21-18(23)12-3-5-14-16(9-12)27-11-20-14/h3-6,9-11H,7-8H2,1-2H3. The maximum absolute atomic E-state index is 12.8. The quantitative estimate of drug-likeness (QED) is 0.469. The second-order valence-electron chi connectivity index (χ2n) is 6.38. The number of fused-ring (bicyclic) bond motifs is 2. The Morgan fingerprint density at radius 3 is 2.79 bits per heavy atom. The number of ether oxygens (including phenoxy) is 1. The third kappa shape index (κ3) is 4.01. The van der Waals surface area contributed by atoms with E-state index in [0.717, 1.165) is 20.4 Å². The highest BCUT2D eigenvalue weighted by atomic mass is 32.2. The van der Waals surface area contributed by atoms with Gasteiger partial charge < -0.3 is 9.30 Å². The number of methoxy groups -OCH3 is 1. The molecule has 150 valence electrons. The van der Waals surface area contributed by atoms with Gasteiger partial charge in [0.05, 0.1) is 37.4 Å². The van der Waals surface area contributed by atoms with Crippen molar-refractivity contribution in [3.63, 3.8) is 0 Å². The first-order valence-electron chi connectivity index (χ1n) is 8.61. The molecule has 0 radical (unpaired) electrons. The third-order valence-corrected chi connectivity index (χ3v) is 7.32. The van der Waals surface area contributed by atoms with Gasteiger partial charge in [0.1, 0.15) is 0 Å². The summed E-state index contributed by atoms with van der Waals surface area (Å²) < 4.78 is 32.5. The molecular weight excluding hydrogens is 430 g/mol. The van der Waals surface area contributed by atoms with Gasteiger partial charge in [0.15, 0.2) is 14.6 Å². The van der Waals surface area contributed by atoms with Gasteiger partial charge in [0, 0.05) is 25.5 Å². The van der Waals surface area contributed by atoms with Gasteiger partial charge in [-0.25, -0.2) is 13.4 Å². The fourth-order valence-electron chi connectivity index (χ4n) is 2.91. The molecule has 0 saturated heterocycles. The van der Waals surface area contributed by atoms with Crippen molar-refractivity contribution in [2.24, 2.45) is 4.99 Å². The van der Waals surface area contributed by atoms with Gasteiger partial charge in [-0.1, -0.05) is 11.3 Å². The van der Waals surface area contributed by atoms with Crippen molar-refractivity contribution in [1.29, 1.82) is 0 Å². The number of carbonyl (C=O) groups excluding carboxylic acids is 1. The van der Waals surface area contributed by atoms with Crippen molar-refractivity contribution in [1.82, 2.24) is 9.55 Å². The van der Waals surface area contributed by atoms with Crippen LogP contribution in [0.1, 0.15) is 10.4 Å². The zero-order valence-corrected chi connectivity index (χ0v) is 18.1. The maximum atomic E-state index is 12.8. The Bertz CT molecular complexity index is 1400. The molecule has 0 spiro atoms. The molecule has 0 bridgehead atoms. The lowest BCUT2D eigenvalue weighted by Gasteiger charge is -2.05. The van der Waals surface area contributed by atoms with E-state index in [4.69, 9.17) is 4.74 Å². The Hall–Kier alpha value is -2.40. The minimum Gasteiger partial charge on any atom is -0.383 e. The molecule has 0 aliphatic heterocycles. The van der Waals surface area contributed by atoms with Crippen LogP contribution in [-0.4, -0.2) is 43.8 Å². The Balaban J connectivity index is 1.84. The van der Waals surface area contributed by atoms with Crippen molar-refractivity contribution in [3.8, 4) is 0 Å². The molecule has 4 aromatic rings. The second-order valence-corrected chi connectivity index (χ2v) is 10.3. The van der Waals surface area contributed by atoms with Gasteiger partial charge >= 0.3 is 0 Å². The number of benzene rings is 2. The molecular formula is C19H17N3O4S3. The Morgan fingerprint density at radius 1 is 1.21 bits per heavy atom. The second kappa shape index (κ2) is 7.79. The molecule has 0 aliphatic rings. The van der Waals surface area contributed by atoms with Crippen LogP contribution < -0.4 is 4.80 Å². The minimum atomic E-state index is -3.33. The number of sulfone groups is 1. The first-order chi connectivity index (χ1) is 13.9. The summed E-state index contributed by atoms with van der Waals surface area (Å²) in [4.78, 5) is 22.1. The molecule has 0 unspecified atom stereocenters. The van der Waals surface area contributed by atoms with Crippen LogP contribution in [0.15, 0.2) is 51.8 Å². The van der Waals surface area contributed by atoms with Crippen LogP contribution in [0.4, 0.5) is 0 Å². The first-order valence-corrected chi connectivity index (χ1v) is 12.2. The molecule has 10 heteroatoms. The van der Waals surface area contributed by atoms with E-state index < -0.39 is 9.84 Å². The van der Waals surface area contributed by atoms with E-state index in [1.165, 1.54) is 28.9 Å². The first kappa shape index (κ1) is 19.9. The maximum Gasteiger partial charge on any atom is 0.279 e. The fourth-order valence-corrected chi connectivity index (χ4v) is 5.44. The highest BCUT2D eigenvalue weighted by Crippen LogP contribution is 2.23. The highest BCUT2D eigenvalue weighted by Gasteiger charge is 2.14. The van der Waals surface area contributed by atoms with Gasteiger partial charge in [-0.05, 0) is 36.4 Å². The molecule has 0 atom stereocenters. The van der Waals surface area contributed by atoms with Gasteiger partial charge in [0.2, 0.25) is 0 Å². The lowest BCUT2D eigenvalue weighted by Crippen LogP contribution is -2.19. The summed E-state index contributed by atoms with van der Waals surface area (Å²) in [6.07, 6.45) is 1.17. The van der Waals surface area contributed by atoms with Crippen molar-refractivity contribution in [3.05, 3.63) is 52.3 Å². The zero-order valence-electron chi connectivity index (χ0n) is 15.7. The molecule has 29 heavy (non-hydrogen) atoms.